The molecule has 2 aliphatic carbocycles. The SMILES string of the molecule is O=C(O)[C@@H]1[C@H]2C[C@@H]3[C@H](OC(=O)[C@@H]31)[C@@H]2Sc1ccc(Cl)cc1. The van der Waals surface area contributed by atoms with E-state index in [0.717, 1.165) is 11.3 Å². The Balaban J connectivity index is 1.63. The summed E-state index contributed by atoms with van der Waals surface area (Å²) >= 11 is 7.49. The summed E-state index contributed by atoms with van der Waals surface area (Å²) in [6.07, 6.45) is 0.646. The van der Waals surface area contributed by atoms with Crippen molar-refractivity contribution in [2.75, 3.05) is 0 Å². The molecule has 1 aromatic rings. The van der Waals surface area contributed by atoms with Gasteiger partial charge in [-0.25, -0.2) is 0 Å². The summed E-state index contributed by atoms with van der Waals surface area (Å²) in [5, 5.41) is 10.2. The van der Waals surface area contributed by atoms with Gasteiger partial charge < -0.3 is 9.84 Å². The highest BCUT2D eigenvalue weighted by atomic mass is 35.5. The van der Waals surface area contributed by atoms with Gasteiger partial charge in [-0.05, 0) is 36.6 Å². The van der Waals surface area contributed by atoms with Crippen LogP contribution in [0.3, 0.4) is 0 Å². The zero-order valence-electron chi connectivity index (χ0n) is 10.9. The van der Waals surface area contributed by atoms with Gasteiger partial charge in [0.05, 0.1) is 17.1 Å². The number of hydrogen-bond acceptors (Lipinski definition) is 4. The number of carboxylic acid groups (broad SMARTS) is 1. The Kier molecular flexibility index (Phi) is 2.98. The molecule has 4 rings (SSSR count). The van der Waals surface area contributed by atoms with E-state index in [1.54, 1.807) is 11.8 Å². The predicted octanol–water partition coefficient (Wildman–Crippen LogP) is 2.69. The first-order valence-corrected chi connectivity index (χ1v) is 8.17. The molecule has 0 amide bonds. The van der Waals surface area contributed by atoms with Gasteiger partial charge in [0.25, 0.3) is 0 Å². The van der Waals surface area contributed by atoms with Crippen molar-refractivity contribution < 1.29 is 19.4 Å². The molecule has 110 valence electrons. The molecule has 2 saturated carbocycles. The molecule has 1 heterocycles. The second-order valence-electron chi connectivity index (χ2n) is 5.89. The molecule has 6 atom stereocenters. The van der Waals surface area contributed by atoms with Crippen molar-refractivity contribution in [3.8, 4) is 0 Å². The molecule has 21 heavy (non-hydrogen) atoms. The van der Waals surface area contributed by atoms with Crippen molar-refractivity contribution in [3.05, 3.63) is 29.3 Å². The van der Waals surface area contributed by atoms with Gasteiger partial charge >= 0.3 is 11.9 Å². The van der Waals surface area contributed by atoms with E-state index >= 15 is 0 Å². The van der Waals surface area contributed by atoms with Crippen LogP contribution in [0.4, 0.5) is 0 Å². The molecule has 0 spiro atoms. The number of aliphatic carboxylic acids is 1. The lowest BCUT2D eigenvalue weighted by Crippen LogP contribution is -2.39. The van der Waals surface area contributed by atoms with E-state index in [9.17, 15) is 14.7 Å². The summed E-state index contributed by atoms with van der Waals surface area (Å²) in [7, 11) is 0. The van der Waals surface area contributed by atoms with Gasteiger partial charge in [0, 0.05) is 15.8 Å². The van der Waals surface area contributed by atoms with E-state index in [4.69, 9.17) is 16.3 Å². The van der Waals surface area contributed by atoms with Crippen LogP contribution in [-0.4, -0.2) is 28.4 Å². The fourth-order valence-electron chi connectivity index (χ4n) is 4.15. The second kappa shape index (κ2) is 4.65. The minimum absolute atomic E-state index is 0.00891. The van der Waals surface area contributed by atoms with E-state index in [1.807, 2.05) is 24.3 Å². The molecule has 1 saturated heterocycles. The average molecular weight is 325 g/mol. The van der Waals surface area contributed by atoms with Gasteiger partial charge in [0.1, 0.15) is 6.10 Å². The Morgan fingerprint density at radius 3 is 2.67 bits per heavy atom. The van der Waals surface area contributed by atoms with Gasteiger partial charge in [-0.2, -0.15) is 0 Å². The predicted molar refractivity (Wildman–Crippen MR) is 77.2 cm³/mol. The lowest BCUT2D eigenvalue weighted by molar-refractivity contribution is -0.151. The Labute approximate surface area is 130 Å². The third-order valence-corrected chi connectivity index (χ3v) is 6.60. The summed E-state index contributed by atoms with van der Waals surface area (Å²) in [5.74, 6) is -2.13. The number of rotatable bonds is 3. The number of ether oxygens (including phenoxy) is 1. The van der Waals surface area contributed by atoms with Crippen molar-refractivity contribution in [2.24, 2.45) is 23.7 Å². The number of esters is 1. The molecule has 1 aromatic carbocycles. The van der Waals surface area contributed by atoms with Crippen molar-refractivity contribution in [1.29, 1.82) is 0 Å². The fraction of sp³-hybridized carbons (Fsp3) is 0.467. The van der Waals surface area contributed by atoms with Crippen LogP contribution in [0, 0.1) is 23.7 Å². The first kappa shape index (κ1) is 13.5. The molecule has 1 N–H and O–H groups in total. The van der Waals surface area contributed by atoms with Gasteiger partial charge in [0.2, 0.25) is 0 Å². The number of hydrogen-bond donors (Lipinski definition) is 1. The number of halogens is 1. The fourth-order valence-corrected chi connectivity index (χ4v) is 5.73. The number of carbonyl (C=O) groups is 2. The molecule has 0 aromatic heterocycles. The van der Waals surface area contributed by atoms with Gasteiger partial charge in [-0.3, -0.25) is 9.59 Å². The van der Waals surface area contributed by atoms with Crippen LogP contribution < -0.4 is 0 Å². The third-order valence-electron chi connectivity index (χ3n) is 4.92. The van der Waals surface area contributed by atoms with Gasteiger partial charge in [0.15, 0.2) is 0 Å². The number of fused-ring (bicyclic) bond motifs is 1. The summed E-state index contributed by atoms with van der Waals surface area (Å²) in [4.78, 5) is 24.5. The van der Waals surface area contributed by atoms with Crippen LogP contribution in [0.5, 0.6) is 0 Å². The highest BCUT2D eigenvalue weighted by Crippen LogP contribution is 2.61. The maximum Gasteiger partial charge on any atom is 0.310 e. The second-order valence-corrected chi connectivity index (χ2v) is 7.58. The first-order chi connectivity index (χ1) is 10.1. The van der Waals surface area contributed by atoms with Gasteiger partial charge in [-0.1, -0.05) is 11.6 Å². The minimum Gasteiger partial charge on any atom is -0.481 e. The summed E-state index contributed by atoms with van der Waals surface area (Å²) < 4.78 is 5.48. The summed E-state index contributed by atoms with van der Waals surface area (Å²) in [5.41, 5.74) is 0. The van der Waals surface area contributed by atoms with Crippen LogP contribution in [0.25, 0.3) is 0 Å². The van der Waals surface area contributed by atoms with Crippen LogP contribution >= 0.6 is 23.4 Å². The zero-order valence-corrected chi connectivity index (χ0v) is 12.5. The van der Waals surface area contributed by atoms with Crippen molar-refractivity contribution >= 4 is 35.3 Å². The molecule has 3 aliphatic rings. The lowest BCUT2D eigenvalue weighted by atomic mass is 9.80. The Morgan fingerprint density at radius 2 is 2.00 bits per heavy atom. The summed E-state index contributed by atoms with van der Waals surface area (Å²) in [6, 6.07) is 7.47. The van der Waals surface area contributed by atoms with Crippen LogP contribution in [0.1, 0.15) is 6.42 Å². The number of carbonyl (C=O) groups excluding carboxylic acids is 1. The Bertz CT molecular complexity index is 617. The van der Waals surface area contributed by atoms with Crippen LogP contribution in [0.2, 0.25) is 5.02 Å². The highest BCUT2D eigenvalue weighted by molar-refractivity contribution is 8.00. The summed E-state index contributed by atoms with van der Waals surface area (Å²) in [6.45, 7) is 0. The normalized spacial score (nSPS) is 39.6. The maximum atomic E-state index is 11.9. The Morgan fingerprint density at radius 1 is 1.29 bits per heavy atom. The number of carboxylic acids is 1. The van der Waals surface area contributed by atoms with E-state index < -0.39 is 17.8 Å². The first-order valence-electron chi connectivity index (χ1n) is 6.92. The Hall–Kier alpha value is -1.20. The van der Waals surface area contributed by atoms with Crippen molar-refractivity contribution in [3.63, 3.8) is 0 Å². The molecule has 6 heteroatoms. The van der Waals surface area contributed by atoms with E-state index in [2.05, 4.69) is 0 Å². The van der Waals surface area contributed by atoms with E-state index in [0.29, 0.717) is 5.02 Å². The molecule has 1 aliphatic heterocycles. The minimum atomic E-state index is -0.869. The largest absolute Gasteiger partial charge is 0.481 e. The van der Waals surface area contributed by atoms with E-state index in [-0.39, 0.29) is 29.2 Å². The van der Waals surface area contributed by atoms with E-state index in [1.165, 1.54) is 0 Å². The molecule has 0 radical (unpaired) electrons. The third kappa shape index (κ3) is 1.90. The monoisotopic (exact) mass is 324 g/mol. The van der Waals surface area contributed by atoms with Gasteiger partial charge in [-0.15, -0.1) is 11.8 Å². The van der Waals surface area contributed by atoms with Crippen LogP contribution in [0.15, 0.2) is 29.2 Å². The molecule has 3 fully saturated rings. The van der Waals surface area contributed by atoms with Crippen molar-refractivity contribution in [2.45, 2.75) is 22.7 Å². The lowest BCUT2D eigenvalue weighted by Gasteiger charge is -2.29. The topological polar surface area (TPSA) is 63.6 Å². The molecule has 0 unspecified atom stereocenters. The number of thioether (sulfide) groups is 1. The molecule has 4 nitrogen and oxygen atoms in total. The number of benzene rings is 1. The molecular formula is C15H13ClO4S. The van der Waals surface area contributed by atoms with Crippen LogP contribution in [-0.2, 0) is 14.3 Å². The average Bonchev–Trinajstić information content (AvgIpc) is 3.04. The molecule has 2 bridgehead atoms. The van der Waals surface area contributed by atoms with Crippen molar-refractivity contribution in [1.82, 2.24) is 0 Å². The smallest absolute Gasteiger partial charge is 0.310 e. The standard InChI is InChI=1S/C15H13ClO4S/c16-6-1-3-7(4-2-6)21-13-9-5-8-11(10(9)14(17)18)15(19)20-12(8)13/h1-4,8-13H,5H2,(H,17,18)/t8-,9+,10+,11-,12-,13+/m0/s1. The maximum absolute atomic E-state index is 11.9. The highest BCUT2D eigenvalue weighted by Gasteiger charge is 2.68. The molecular weight excluding hydrogens is 312 g/mol. The zero-order chi connectivity index (χ0) is 14.7. The quantitative estimate of drug-likeness (QED) is 0.866.